The molecule has 1 heterocycles. The van der Waals surface area contributed by atoms with Crippen LogP contribution in [0.2, 0.25) is 0 Å². The third kappa shape index (κ3) is 2.22. The molecular formula is C6H8F3N3O2S. The minimum Gasteiger partial charge on any atom is -0.280 e. The van der Waals surface area contributed by atoms with Gasteiger partial charge in [0.15, 0.2) is 5.82 Å². The number of nitrogens with zero attached hydrogens (tertiary/aromatic N) is 1. The number of alkyl halides is 3. The van der Waals surface area contributed by atoms with E-state index in [0.717, 1.165) is 0 Å². The van der Waals surface area contributed by atoms with Gasteiger partial charge in [0.05, 0.1) is 0 Å². The summed E-state index contributed by atoms with van der Waals surface area (Å²) < 4.78 is 58.6. The molecule has 0 aliphatic carbocycles. The molecule has 0 fully saturated rings. The fourth-order valence-electron chi connectivity index (χ4n) is 0.770. The van der Waals surface area contributed by atoms with Crippen molar-refractivity contribution in [2.75, 3.05) is 4.72 Å². The number of H-pyrrole nitrogens is 1. The highest BCUT2D eigenvalue weighted by atomic mass is 32.2. The van der Waals surface area contributed by atoms with Crippen LogP contribution in [0.1, 0.15) is 11.3 Å². The van der Waals surface area contributed by atoms with Crippen LogP contribution in [0, 0.1) is 13.8 Å². The first-order valence-corrected chi connectivity index (χ1v) is 5.24. The van der Waals surface area contributed by atoms with Gasteiger partial charge >= 0.3 is 15.5 Å². The van der Waals surface area contributed by atoms with Gasteiger partial charge in [-0.2, -0.15) is 26.7 Å². The maximum absolute atomic E-state index is 12.0. The maximum atomic E-state index is 12.0. The van der Waals surface area contributed by atoms with Crippen molar-refractivity contribution >= 4 is 15.8 Å². The Kier molecular flexibility index (Phi) is 2.68. The first-order valence-electron chi connectivity index (χ1n) is 3.76. The summed E-state index contributed by atoms with van der Waals surface area (Å²) in [5.41, 5.74) is -4.52. The van der Waals surface area contributed by atoms with E-state index >= 15 is 0 Å². The monoisotopic (exact) mass is 243 g/mol. The first-order chi connectivity index (χ1) is 6.65. The second kappa shape index (κ2) is 3.40. The third-order valence-electron chi connectivity index (χ3n) is 1.79. The zero-order valence-corrected chi connectivity index (χ0v) is 8.62. The van der Waals surface area contributed by atoms with Gasteiger partial charge in [0.1, 0.15) is 0 Å². The van der Waals surface area contributed by atoms with Gasteiger partial charge in [-0.05, 0) is 13.8 Å². The lowest BCUT2D eigenvalue weighted by molar-refractivity contribution is -0.0429. The van der Waals surface area contributed by atoms with E-state index in [-0.39, 0.29) is 5.82 Å². The molecule has 15 heavy (non-hydrogen) atoms. The number of aromatic nitrogens is 2. The Labute approximate surface area is 83.7 Å². The molecular weight excluding hydrogens is 235 g/mol. The van der Waals surface area contributed by atoms with E-state index in [0.29, 0.717) is 11.3 Å². The molecule has 0 radical (unpaired) electrons. The van der Waals surface area contributed by atoms with Crippen LogP contribution >= 0.6 is 0 Å². The third-order valence-corrected chi connectivity index (χ3v) is 2.86. The molecule has 0 aliphatic rings. The highest BCUT2D eigenvalue weighted by molar-refractivity contribution is 7.93. The molecule has 0 atom stereocenters. The number of hydrogen-bond donors (Lipinski definition) is 2. The van der Waals surface area contributed by atoms with Gasteiger partial charge in [0.2, 0.25) is 0 Å². The van der Waals surface area contributed by atoms with Crippen LogP contribution in [-0.4, -0.2) is 24.1 Å². The topological polar surface area (TPSA) is 74.8 Å². The molecule has 0 unspecified atom stereocenters. The van der Waals surface area contributed by atoms with Crippen LogP contribution < -0.4 is 4.72 Å². The summed E-state index contributed by atoms with van der Waals surface area (Å²) in [6.45, 7) is 3.01. The summed E-state index contributed by atoms with van der Waals surface area (Å²) in [5.74, 6) is -0.343. The van der Waals surface area contributed by atoms with Crippen LogP contribution in [0.5, 0.6) is 0 Å². The van der Waals surface area contributed by atoms with Crippen molar-refractivity contribution in [2.45, 2.75) is 19.4 Å². The van der Waals surface area contributed by atoms with E-state index in [9.17, 15) is 21.6 Å². The number of aryl methyl sites for hydroxylation is 1. The molecule has 1 aromatic heterocycles. The Morgan fingerprint density at radius 1 is 1.33 bits per heavy atom. The van der Waals surface area contributed by atoms with Crippen molar-refractivity contribution in [3.8, 4) is 0 Å². The molecule has 0 aliphatic heterocycles. The Morgan fingerprint density at radius 3 is 2.20 bits per heavy atom. The number of sulfonamides is 1. The molecule has 1 rings (SSSR count). The van der Waals surface area contributed by atoms with Gasteiger partial charge < -0.3 is 0 Å². The fraction of sp³-hybridized carbons (Fsp3) is 0.500. The highest BCUT2D eigenvalue weighted by Crippen LogP contribution is 2.26. The van der Waals surface area contributed by atoms with Crippen LogP contribution in [0.15, 0.2) is 0 Å². The highest BCUT2D eigenvalue weighted by Gasteiger charge is 2.46. The van der Waals surface area contributed by atoms with Crippen LogP contribution in [-0.2, 0) is 10.0 Å². The average Bonchev–Trinajstić information content (AvgIpc) is 2.33. The average molecular weight is 243 g/mol. The summed E-state index contributed by atoms with van der Waals surface area (Å²) in [6, 6.07) is 0. The van der Waals surface area contributed by atoms with E-state index in [1.807, 2.05) is 0 Å². The zero-order chi connectivity index (χ0) is 11.9. The second-order valence-corrected chi connectivity index (χ2v) is 4.55. The van der Waals surface area contributed by atoms with Crippen molar-refractivity contribution in [3.05, 3.63) is 11.3 Å². The summed E-state index contributed by atoms with van der Waals surface area (Å²) >= 11 is 0. The van der Waals surface area contributed by atoms with E-state index in [4.69, 9.17) is 0 Å². The maximum Gasteiger partial charge on any atom is 0.516 e. The Morgan fingerprint density at radius 2 is 1.87 bits per heavy atom. The number of aromatic amines is 1. The lowest BCUT2D eigenvalue weighted by Crippen LogP contribution is -2.30. The lowest BCUT2D eigenvalue weighted by atomic mass is 10.3. The number of rotatable bonds is 2. The number of anilines is 1. The quantitative estimate of drug-likeness (QED) is 0.821. The van der Waals surface area contributed by atoms with E-state index < -0.39 is 15.5 Å². The minimum atomic E-state index is -5.39. The SMILES string of the molecule is Cc1[nH]nc(NS(=O)(=O)C(F)(F)F)c1C. The molecule has 86 valence electrons. The molecule has 0 saturated heterocycles. The summed E-state index contributed by atoms with van der Waals surface area (Å²) in [7, 11) is -5.39. The van der Waals surface area contributed by atoms with Crippen molar-refractivity contribution in [3.63, 3.8) is 0 Å². The van der Waals surface area contributed by atoms with Crippen LogP contribution in [0.25, 0.3) is 0 Å². The lowest BCUT2D eigenvalue weighted by Gasteiger charge is -2.08. The van der Waals surface area contributed by atoms with Gasteiger partial charge in [0.25, 0.3) is 0 Å². The molecule has 0 saturated carbocycles. The van der Waals surface area contributed by atoms with E-state index in [1.165, 1.54) is 11.6 Å². The predicted molar refractivity (Wildman–Crippen MR) is 46.7 cm³/mol. The molecule has 0 spiro atoms. The second-order valence-electron chi connectivity index (χ2n) is 2.87. The Bertz CT molecular complexity index is 462. The summed E-state index contributed by atoms with van der Waals surface area (Å²) in [5, 5.41) is 5.77. The van der Waals surface area contributed by atoms with Gasteiger partial charge in [-0.1, -0.05) is 0 Å². The molecule has 9 heteroatoms. The molecule has 0 aromatic carbocycles. The normalized spacial score (nSPS) is 12.9. The van der Waals surface area contributed by atoms with Crippen molar-refractivity contribution in [2.24, 2.45) is 0 Å². The van der Waals surface area contributed by atoms with Gasteiger partial charge in [0, 0.05) is 11.3 Å². The molecule has 1 aromatic rings. The van der Waals surface area contributed by atoms with E-state index in [1.54, 1.807) is 6.92 Å². The van der Waals surface area contributed by atoms with Crippen molar-refractivity contribution < 1.29 is 21.6 Å². The van der Waals surface area contributed by atoms with Crippen LogP contribution in [0.3, 0.4) is 0 Å². The summed E-state index contributed by atoms with van der Waals surface area (Å²) in [6.07, 6.45) is 0. The molecule has 0 amide bonds. The molecule has 5 nitrogen and oxygen atoms in total. The molecule has 2 N–H and O–H groups in total. The smallest absolute Gasteiger partial charge is 0.280 e. The molecule has 0 bridgehead atoms. The number of hydrogen-bond acceptors (Lipinski definition) is 3. The fourth-order valence-corrected chi connectivity index (χ4v) is 1.34. The Hall–Kier alpha value is -1.25. The van der Waals surface area contributed by atoms with Gasteiger partial charge in [-0.3, -0.25) is 9.82 Å². The zero-order valence-electron chi connectivity index (χ0n) is 7.81. The first kappa shape index (κ1) is 11.8. The number of halogens is 3. The largest absolute Gasteiger partial charge is 0.516 e. The standard InChI is InChI=1S/C6H8F3N3O2S/c1-3-4(2)10-11-5(3)12-15(13,14)6(7,8)9/h1-2H3,(H2,10,11,12). The van der Waals surface area contributed by atoms with Crippen molar-refractivity contribution in [1.82, 2.24) is 10.2 Å². The van der Waals surface area contributed by atoms with Crippen LogP contribution in [0.4, 0.5) is 19.0 Å². The number of nitrogens with one attached hydrogen (secondary N) is 2. The summed E-state index contributed by atoms with van der Waals surface area (Å²) in [4.78, 5) is 0. The van der Waals surface area contributed by atoms with Gasteiger partial charge in [-0.15, -0.1) is 0 Å². The predicted octanol–water partition coefficient (Wildman–Crippen LogP) is 1.29. The van der Waals surface area contributed by atoms with Gasteiger partial charge in [-0.25, -0.2) is 0 Å². The minimum absolute atomic E-state index is 0.322. The van der Waals surface area contributed by atoms with Crippen molar-refractivity contribution in [1.29, 1.82) is 0 Å². The van der Waals surface area contributed by atoms with E-state index in [2.05, 4.69) is 10.2 Å². The Balaban J connectivity index is 3.03.